The Balaban J connectivity index is 2.27. The van der Waals surface area contributed by atoms with E-state index >= 15 is 0 Å². The van der Waals surface area contributed by atoms with Crippen LogP contribution in [0.4, 0.5) is 15.8 Å². The second-order valence-corrected chi connectivity index (χ2v) is 5.29. The number of rotatable bonds is 3. The van der Waals surface area contributed by atoms with Gasteiger partial charge in [0.25, 0.3) is 11.6 Å². The number of hydrogen-bond donors (Lipinski definition) is 1. The van der Waals surface area contributed by atoms with E-state index in [0.717, 1.165) is 25.3 Å². The van der Waals surface area contributed by atoms with Crippen molar-refractivity contribution in [2.75, 3.05) is 18.8 Å². The van der Waals surface area contributed by atoms with Gasteiger partial charge in [0.1, 0.15) is 5.56 Å². The average Bonchev–Trinajstić information content (AvgIpc) is 2.48. The fourth-order valence-electron chi connectivity index (χ4n) is 2.62. The Hall–Kier alpha value is -2.18. The lowest BCUT2D eigenvalue weighted by Crippen LogP contribution is -2.38. The summed E-state index contributed by atoms with van der Waals surface area (Å²) in [5.74, 6) is -0.756. The molecule has 0 bridgehead atoms. The van der Waals surface area contributed by atoms with Gasteiger partial charge in [-0.2, -0.15) is 0 Å². The van der Waals surface area contributed by atoms with Crippen LogP contribution >= 0.6 is 0 Å². The highest BCUT2D eigenvalue weighted by atomic mass is 19.1. The highest BCUT2D eigenvalue weighted by Crippen LogP contribution is 2.28. The highest BCUT2D eigenvalue weighted by Gasteiger charge is 2.29. The van der Waals surface area contributed by atoms with Crippen molar-refractivity contribution in [3.8, 4) is 0 Å². The fraction of sp³-hybridized carbons (Fsp3) is 0.500. The van der Waals surface area contributed by atoms with Crippen molar-refractivity contribution in [3.63, 3.8) is 0 Å². The summed E-state index contributed by atoms with van der Waals surface area (Å²) in [6.45, 7) is 3.23. The molecule has 0 unspecified atom stereocenters. The molecular formula is C14H18FN3O3. The number of nitrogen functional groups attached to an aromatic ring is 1. The second kappa shape index (κ2) is 6.07. The van der Waals surface area contributed by atoms with Gasteiger partial charge in [-0.1, -0.05) is 13.3 Å². The van der Waals surface area contributed by atoms with Gasteiger partial charge in [0, 0.05) is 13.1 Å². The molecule has 6 nitrogen and oxygen atoms in total. The Labute approximate surface area is 121 Å². The number of likely N-dealkylation sites (tertiary alicyclic amines) is 1. The van der Waals surface area contributed by atoms with Crippen LogP contribution in [0, 0.1) is 21.8 Å². The van der Waals surface area contributed by atoms with Crippen molar-refractivity contribution in [1.29, 1.82) is 0 Å². The van der Waals surface area contributed by atoms with Crippen molar-refractivity contribution in [3.05, 3.63) is 33.6 Å². The first-order chi connectivity index (χ1) is 9.93. The topological polar surface area (TPSA) is 89.5 Å². The van der Waals surface area contributed by atoms with E-state index in [1.54, 1.807) is 4.90 Å². The quantitative estimate of drug-likeness (QED) is 0.527. The molecule has 1 aromatic rings. The minimum atomic E-state index is -0.886. The number of halogens is 1. The van der Waals surface area contributed by atoms with Gasteiger partial charge in [-0.3, -0.25) is 14.9 Å². The lowest BCUT2D eigenvalue weighted by molar-refractivity contribution is -0.385. The number of carbonyl (C=O) groups excluding carboxylic acids is 1. The zero-order valence-corrected chi connectivity index (χ0v) is 11.8. The molecule has 2 N–H and O–H groups in total. The van der Waals surface area contributed by atoms with E-state index in [-0.39, 0.29) is 11.3 Å². The van der Waals surface area contributed by atoms with E-state index in [2.05, 4.69) is 6.92 Å². The Morgan fingerprint density at radius 2 is 2.10 bits per heavy atom. The van der Waals surface area contributed by atoms with Gasteiger partial charge in [-0.15, -0.1) is 0 Å². The molecule has 2 rings (SSSR count). The summed E-state index contributed by atoms with van der Waals surface area (Å²) in [6, 6.07) is 1.77. The summed E-state index contributed by atoms with van der Waals surface area (Å²) in [6.07, 6.45) is 2.82. The van der Waals surface area contributed by atoms with Crippen LogP contribution in [0.15, 0.2) is 12.1 Å². The van der Waals surface area contributed by atoms with Gasteiger partial charge in [0.2, 0.25) is 0 Å². The van der Waals surface area contributed by atoms with E-state index in [4.69, 9.17) is 5.73 Å². The van der Waals surface area contributed by atoms with Crippen LogP contribution in [0.25, 0.3) is 0 Å². The van der Waals surface area contributed by atoms with Gasteiger partial charge in [-0.05, 0) is 24.8 Å². The molecular weight excluding hydrogens is 277 g/mol. The van der Waals surface area contributed by atoms with E-state index < -0.39 is 22.3 Å². The number of nitrogens with two attached hydrogens (primary N) is 1. The normalized spacial score (nSPS) is 16.0. The number of anilines is 1. The summed E-state index contributed by atoms with van der Waals surface area (Å²) >= 11 is 0. The monoisotopic (exact) mass is 295 g/mol. The molecule has 21 heavy (non-hydrogen) atoms. The molecule has 0 saturated carbocycles. The second-order valence-electron chi connectivity index (χ2n) is 5.29. The number of piperidine rings is 1. The largest absolute Gasteiger partial charge is 0.396 e. The van der Waals surface area contributed by atoms with Crippen molar-refractivity contribution in [2.24, 2.45) is 5.92 Å². The van der Waals surface area contributed by atoms with Crippen LogP contribution in [0.1, 0.15) is 36.5 Å². The molecule has 0 aromatic heterocycles. The molecule has 1 saturated heterocycles. The van der Waals surface area contributed by atoms with Gasteiger partial charge >= 0.3 is 0 Å². The lowest BCUT2D eigenvalue weighted by atomic mass is 9.94. The van der Waals surface area contributed by atoms with E-state index in [0.29, 0.717) is 25.1 Å². The van der Waals surface area contributed by atoms with E-state index in [1.165, 1.54) is 0 Å². The number of nitro groups is 1. The smallest absolute Gasteiger partial charge is 0.285 e. The minimum Gasteiger partial charge on any atom is -0.396 e. The van der Waals surface area contributed by atoms with Gasteiger partial charge in [-0.25, -0.2) is 4.39 Å². The molecule has 1 aliphatic heterocycles. The molecule has 0 atom stereocenters. The molecule has 1 fully saturated rings. The molecule has 1 heterocycles. The third kappa shape index (κ3) is 3.12. The molecule has 0 spiro atoms. The number of amides is 1. The Morgan fingerprint density at radius 1 is 1.48 bits per heavy atom. The predicted octanol–water partition coefficient (Wildman–Crippen LogP) is 2.58. The van der Waals surface area contributed by atoms with Crippen molar-refractivity contribution < 1.29 is 14.1 Å². The number of hydrogen-bond acceptors (Lipinski definition) is 4. The van der Waals surface area contributed by atoms with Crippen LogP contribution in [0.5, 0.6) is 0 Å². The molecule has 0 aliphatic carbocycles. The van der Waals surface area contributed by atoms with E-state index in [1.807, 2.05) is 0 Å². The Kier molecular flexibility index (Phi) is 4.40. The van der Waals surface area contributed by atoms with Crippen LogP contribution in [0.2, 0.25) is 0 Å². The number of benzene rings is 1. The maximum absolute atomic E-state index is 13.4. The number of nitro benzene ring substituents is 1. The molecule has 114 valence electrons. The average molecular weight is 295 g/mol. The maximum atomic E-state index is 13.4. The first kappa shape index (κ1) is 15.2. The van der Waals surface area contributed by atoms with Crippen LogP contribution < -0.4 is 5.73 Å². The zero-order valence-electron chi connectivity index (χ0n) is 11.8. The first-order valence-electron chi connectivity index (χ1n) is 6.96. The third-order valence-electron chi connectivity index (χ3n) is 4.02. The molecule has 1 amide bonds. The molecule has 1 aromatic carbocycles. The predicted molar refractivity (Wildman–Crippen MR) is 76.4 cm³/mol. The van der Waals surface area contributed by atoms with Crippen molar-refractivity contribution >= 4 is 17.3 Å². The summed E-state index contributed by atoms with van der Waals surface area (Å²) < 4.78 is 13.4. The van der Waals surface area contributed by atoms with Crippen molar-refractivity contribution in [1.82, 2.24) is 4.90 Å². The molecule has 1 aliphatic rings. The van der Waals surface area contributed by atoms with Crippen molar-refractivity contribution in [2.45, 2.75) is 26.2 Å². The molecule has 7 heteroatoms. The minimum absolute atomic E-state index is 0.145. The SMILES string of the molecule is CCC1CCN(C(=O)c2cc(N)c(F)cc2[N+](=O)[O-])CC1. The van der Waals surface area contributed by atoms with Crippen LogP contribution in [0.3, 0.4) is 0 Å². The van der Waals surface area contributed by atoms with Gasteiger partial charge in [0.15, 0.2) is 5.82 Å². The number of carbonyl (C=O) groups is 1. The fourth-order valence-corrected chi connectivity index (χ4v) is 2.62. The zero-order chi connectivity index (χ0) is 15.6. The summed E-state index contributed by atoms with van der Waals surface area (Å²) in [5, 5.41) is 11.0. The first-order valence-corrected chi connectivity index (χ1v) is 6.96. The summed E-state index contributed by atoms with van der Waals surface area (Å²) in [5.41, 5.74) is 4.49. The standard InChI is InChI=1S/C14H18FN3O3/c1-2-9-3-5-17(6-4-9)14(19)10-7-12(16)11(15)8-13(10)18(20)21/h7-9H,2-6,16H2,1H3. The lowest BCUT2D eigenvalue weighted by Gasteiger charge is -2.31. The van der Waals surface area contributed by atoms with Gasteiger partial charge < -0.3 is 10.6 Å². The molecule has 0 radical (unpaired) electrons. The van der Waals surface area contributed by atoms with E-state index in [9.17, 15) is 19.3 Å². The maximum Gasteiger partial charge on any atom is 0.285 e. The number of nitrogens with zero attached hydrogens (tertiary/aromatic N) is 2. The van der Waals surface area contributed by atoms with Gasteiger partial charge in [0.05, 0.1) is 16.7 Å². The van der Waals surface area contributed by atoms with Crippen LogP contribution in [-0.2, 0) is 0 Å². The summed E-state index contributed by atoms with van der Waals surface area (Å²) in [4.78, 5) is 24.2. The summed E-state index contributed by atoms with van der Waals surface area (Å²) in [7, 11) is 0. The highest BCUT2D eigenvalue weighted by molar-refractivity contribution is 5.99. The Bertz CT molecular complexity index is 569. The van der Waals surface area contributed by atoms with Crippen LogP contribution in [-0.4, -0.2) is 28.8 Å². The third-order valence-corrected chi connectivity index (χ3v) is 4.02. The Morgan fingerprint density at radius 3 is 2.62 bits per heavy atom.